The average molecular weight is 552 g/mol. The zero-order valence-corrected chi connectivity index (χ0v) is 23.1. The predicted molar refractivity (Wildman–Crippen MR) is 144 cm³/mol. The lowest BCUT2D eigenvalue weighted by molar-refractivity contribution is -0.139. The van der Waals surface area contributed by atoms with Crippen LogP contribution in [-0.4, -0.2) is 62.7 Å². The molecule has 0 unspecified atom stereocenters. The minimum absolute atomic E-state index is 0.0762. The van der Waals surface area contributed by atoms with Gasteiger partial charge in [-0.05, 0) is 57.0 Å². The summed E-state index contributed by atoms with van der Waals surface area (Å²) in [6, 6.07) is 10.8. The highest BCUT2D eigenvalue weighted by atomic mass is 35.5. The van der Waals surface area contributed by atoms with Gasteiger partial charge in [-0.25, -0.2) is 8.42 Å². The first-order chi connectivity index (χ1) is 17.6. The van der Waals surface area contributed by atoms with Gasteiger partial charge in [-0.2, -0.15) is 0 Å². The fraction of sp³-hybridized carbons (Fsp3) is 0.462. The van der Waals surface area contributed by atoms with E-state index in [9.17, 15) is 18.0 Å². The fourth-order valence-corrected chi connectivity index (χ4v) is 5.05. The molecule has 11 heteroatoms. The van der Waals surface area contributed by atoms with Crippen molar-refractivity contribution in [3.63, 3.8) is 0 Å². The number of hydrogen-bond donors (Lipinski definition) is 1. The number of halogens is 1. The molecule has 0 saturated carbocycles. The van der Waals surface area contributed by atoms with Crippen LogP contribution in [0.25, 0.3) is 0 Å². The number of amides is 2. The molecule has 2 aromatic carbocycles. The second-order valence-corrected chi connectivity index (χ2v) is 11.5. The highest BCUT2D eigenvalue weighted by Gasteiger charge is 2.32. The SMILES string of the molecule is CC[C@H](C)NC(=O)[C@H](C)N(Cc1cccc(Cl)c1)C(=O)CN(c1ccc2c(c1)OCCO2)S(=O)(=O)CC. The van der Waals surface area contributed by atoms with Crippen molar-refractivity contribution in [3.8, 4) is 11.5 Å². The smallest absolute Gasteiger partial charge is 0.244 e. The van der Waals surface area contributed by atoms with Gasteiger partial charge in [-0.15, -0.1) is 0 Å². The van der Waals surface area contributed by atoms with Crippen molar-refractivity contribution >= 4 is 39.1 Å². The van der Waals surface area contributed by atoms with Crippen LogP contribution in [0.4, 0.5) is 5.69 Å². The van der Waals surface area contributed by atoms with E-state index in [1.165, 1.54) is 11.8 Å². The van der Waals surface area contributed by atoms with Crippen molar-refractivity contribution in [2.75, 3.05) is 29.8 Å². The first-order valence-corrected chi connectivity index (χ1v) is 14.3. The Morgan fingerprint density at radius 1 is 1.05 bits per heavy atom. The topological polar surface area (TPSA) is 105 Å². The van der Waals surface area contributed by atoms with Crippen LogP contribution in [-0.2, 0) is 26.2 Å². The Kier molecular flexibility index (Phi) is 9.67. The number of rotatable bonds is 11. The number of nitrogens with one attached hydrogen (secondary N) is 1. The van der Waals surface area contributed by atoms with Crippen molar-refractivity contribution in [3.05, 3.63) is 53.1 Å². The summed E-state index contributed by atoms with van der Waals surface area (Å²) in [7, 11) is -3.85. The van der Waals surface area contributed by atoms with Crippen LogP contribution in [0.5, 0.6) is 11.5 Å². The van der Waals surface area contributed by atoms with Gasteiger partial charge in [0, 0.05) is 23.7 Å². The van der Waals surface area contributed by atoms with Gasteiger partial charge in [-0.3, -0.25) is 13.9 Å². The molecule has 3 rings (SSSR count). The number of anilines is 1. The Balaban J connectivity index is 1.94. The standard InChI is InChI=1S/C26H34ClN3O6S/c1-5-18(3)28-26(32)19(4)29(16-20-8-7-9-21(27)14-20)25(31)17-30(37(33,34)6-2)22-10-11-23-24(15-22)36-13-12-35-23/h7-11,14-15,18-19H,5-6,12-13,16-17H2,1-4H3,(H,28,32)/t18-,19-/m0/s1. The Bertz CT molecular complexity index is 1220. The van der Waals surface area contributed by atoms with Crippen LogP contribution in [0.1, 0.15) is 39.7 Å². The molecule has 2 aromatic rings. The lowest BCUT2D eigenvalue weighted by Crippen LogP contribution is -2.52. The highest BCUT2D eigenvalue weighted by molar-refractivity contribution is 7.92. The number of benzene rings is 2. The molecule has 37 heavy (non-hydrogen) atoms. The van der Waals surface area contributed by atoms with E-state index in [-0.39, 0.29) is 29.9 Å². The molecule has 0 spiro atoms. The van der Waals surface area contributed by atoms with E-state index in [0.717, 1.165) is 10.7 Å². The predicted octanol–water partition coefficient (Wildman–Crippen LogP) is 3.60. The Morgan fingerprint density at radius 2 is 1.76 bits per heavy atom. The van der Waals surface area contributed by atoms with Crippen LogP contribution >= 0.6 is 11.6 Å². The Morgan fingerprint density at radius 3 is 2.41 bits per heavy atom. The number of hydrogen-bond acceptors (Lipinski definition) is 6. The molecule has 0 aromatic heterocycles. The third kappa shape index (κ3) is 7.29. The van der Waals surface area contributed by atoms with E-state index < -0.39 is 28.5 Å². The van der Waals surface area contributed by atoms with E-state index in [4.69, 9.17) is 21.1 Å². The van der Waals surface area contributed by atoms with Crippen LogP contribution < -0.4 is 19.1 Å². The van der Waals surface area contributed by atoms with Gasteiger partial charge in [0.15, 0.2) is 11.5 Å². The average Bonchev–Trinajstić information content (AvgIpc) is 2.89. The van der Waals surface area contributed by atoms with Gasteiger partial charge in [0.1, 0.15) is 25.8 Å². The number of sulfonamides is 1. The maximum Gasteiger partial charge on any atom is 0.244 e. The first kappa shape index (κ1) is 28.6. The van der Waals surface area contributed by atoms with Gasteiger partial charge < -0.3 is 19.7 Å². The molecule has 0 radical (unpaired) electrons. The Hall–Kier alpha value is -2.98. The summed E-state index contributed by atoms with van der Waals surface area (Å²) in [4.78, 5) is 28.1. The van der Waals surface area contributed by atoms with E-state index in [1.54, 1.807) is 49.4 Å². The third-order valence-electron chi connectivity index (χ3n) is 6.20. The summed E-state index contributed by atoms with van der Waals surface area (Å²) in [6.07, 6.45) is 0.729. The van der Waals surface area contributed by atoms with Crippen LogP contribution in [0.15, 0.2) is 42.5 Å². The zero-order chi connectivity index (χ0) is 27.2. The number of nitrogens with zero attached hydrogens (tertiary/aromatic N) is 2. The monoisotopic (exact) mass is 551 g/mol. The van der Waals surface area contributed by atoms with Gasteiger partial charge >= 0.3 is 0 Å². The first-order valence-electron chi connectivity index (χ1n) is 12.3. The fourth-order valence-electron chi connectivity index (χ4n) is 3.79. The molecule has 0 fully saturated rings. The van der Waals surface area contributed by atoms with Crippen molar-refractivity contribution in [2.45, 2.75) is 52.7 Å². The van der Waals surface area contributed by atoms with Crippen molar-refractivity contribution in [2.24, 2.45) is 0 Å². The van der Waals surface area contributed by atoms with Gasteiger partial charge in [0.25, 0.3) is 0 Å². The quantitative estimate of drug-likeness (QED) is 0.457. The number of ether oxygens (including phenoxy) is 2. The Labute approximate surface area is 223 Å². The van der Waals surface area contributed by atoms with Crippen molar-refractivity contribution < 1.29 is 27.5 Å². The molecular formula is C26H34ClN3O6S. The number of carbonyl (C=O) groups excluding carboxylic acids is 2. The molecule has 1 N–H and O–H groups in total. The van der Waals surface area contributed by atoms with Crippen LogP contribution in [0.3, 0.4) is 0 Å². The van der Waals surface area contributed by atoms with E-state index in [2.05, 4.69) is 5.32 Å². The minimum atomic E-state index is -3.85. The van der Waals surface area contributed by atoms with Crippen LogP contribution in [0, 0.1) is 0 Å². The summed E-state index contributed by atoms with van der Waals surface area (Å²) in [6.45, 7) is 7.30. The molecule has 2 amide bonds. The second kappa shape index (κ2) is 12.5. The van der Waals surface area contributed by atoms with Gasteiger partial charge in [0.05, 0.1) is 11.4 Å². The maximum atomic E-state index is 13.7. The molecule has 0 bridgehead atoms. The minimum Gasteiger partial charge on any atom is -0.486 e. The van der Waals surface area contributed by atoms with Crippen LogP contribution in [0.2, 0.25) is 5.02 Å². The normalized spacial score (nSPS) is 14.4. The summed E-state index contributed by atoms with van der Waals surface area (Å²) >= 11 is 6.15. The molecule has 1 aliphatic heterocycles. The lowest BCUT2D eigenvalue weighted by Gasteiger charge is -2.32. The number of fused-ring (bicyclic) bond motifs is 1. The van der Waals surface area contributed by atoms with Crippen molar-refractivity contribution in [1.29, 1.82) is 0 Å². The van der Waals surface area contributed by atoms with E-state index >= 15 is 0 Å². The lowest BCUT2D eigenvalue weighted by atomic mass is 10.1. The van der Waals surface area contributed by atoms with Gasteiger partial charge in [0.2, 0.25) is 21.8 Å². The largest absolute Gasteiger partial charge is 0.486 e. The summed E-state index contributed by atoms with van der Waals surface area (Å²) in [5.74, 6) is -0.155. The van der Waals surface area contributed by atoms with E-state index in [0.29, 0.717) is 35.3 Å². The molecule has 2 atom stereocenters. The second-order valence-electron chi connectivity index (χ2n) is 8.88. The molecule has 202 valence electrons. The highest BCUT2D eigenvalue weighted by Crippen LogP contribution is 2.35. The van der Waals surface area contributed by atoms with Crippen molar-refractivity contribution in [1.82, 2.24) is 10.2 Å². The summed E-state index contributed by atoms with van der Waals surface area (Å²) in [5.41, 5.74) is 0.993. The van der Waals surface area contributed by atoms with Gasteiger partial charge in [-0.1, -0.05) is 30.7 Å². The van der Waals surface area contributed by atoms with E-state index in [1.807, 2.05) is 13.8 Å². The summed E-state index contributed by atoms with van der Waals surface area (Å²) in [5, 5.41) is 3.39. The third-order valence-corrected chi connectivity index (χ3v) is 8.18. The summed E-state index contributed by atoms with van der Waals surface area (Å²) < 4.78 is 38.4. The molecule has 0 saturated heterocycles. The zero-order valence-electron chi connectivity index (χ0n) is 21.6. The molecule has 1 aliphatic rings. The molecule has 9 nitrogen and oxygen atoms in total. The molecule has 1 heterocycles. The molecule has 0 aliphatic carbocycles. The maximum absolute atomic E-state index is 13.7. The number of carbonyl (C=O) groups is 2. The molecular weight excluding hydrogens is 518 g/mol.